The van der Waals surface area contributed by atoms with Crippen molar-refractivity contribution in [1.29, 1.82) is 0 Å². The van der Waals surface area contributed by atoms with Crippen LogP contribution in [0, 0.1) is 5.92 Å². The van der Waals surface area contributed by atoms with Crippen LogP contribution in [-0.4, -0.2) is 31.0 Å². The van der Waals surface area contributed by atoms with Gasteiger partial charge in [0.15, 0.2) is 6.61 Å². The summed E-state index contributed by atoms with van der Waals surface area (Å²) in [5.74, 6) is 1.21. The van der Waals surface area contributed by atoms with E-state index in [0.29, 0.717) is 24.6 Å². The number of ether oxygens (including phenoxy) is 1. The van der Waals surface area contributed by atoms with Crippen molar-refractivity contribution in [2.24, 2.45) is 5.92 Å². The van der Waals surface area contributed by atoms with E-state index in [2.05, 4.69) is 19.2 Å². The fraction of sp³-hybridized carbons (Fsp3) is 0.556. The Bertz CT molecular complexity index is 557. The Morgan fingerprint density at radius 2 is 2.00 bits per heavy atom. The van der Waals surface area contributed by atoms with E-state index in [1.165, 1.54) is 0 Å². The summed E-state index contributed by atoms with van der Waals surface area (Å²) < 4.78 is 5.40. The molecule has 1 aliphatic heterocycles. The number of rotatable bonds is 7. The SMILES string of the molecule is CC(C)CCC(C)NC(=O)CCN1C(=O)COc2ccccc21. The third-order valence-electron chi connectivity index (χ3n) is 3.96. The molecular formula is C18H26N2O3. The number of hydrogen-bond donors (Lipinski definition) is 1. The first-order chi connectivity index (χ1) is 11.0. The average Bonchev–Trinajstić information content (AvgIpc) is 2.52. The van der Waals surface area contributed by atoms with Gasteiger partial charge in [-0.1, -0.05) is 26.0 Å². The van der Waals surface area contributed by atoms with Gasteiger partial charge in [0.25, 0.3) is 5.91 Å². The highest BCUT2D eigenvalue weighted by Gasteiger charge is 2.25. The minimum atomic E-state index is -0.107. The van der Waals surface area contributed by atoms with Crippen LogP contribution in [0.25, 0.3) is 0 Å². The largest absolute Gasteiger partial charge is 0.482 e. The van der Waals surface area contributed by atoms with E-state index in [1.807, 2.05) is 31.2 Å². The van der Waals surface area contributed by atoms with Gasteiger partial charge < -0.3 is 15.0 Å². The molecule has 0 fully saturated rings. The molecule has 0 bridgehead atoms. The van der Waals surface area contributed by atoms with Crippen LogP contribution in [0.1, 0.15) is 40.0 Å². The highest BCUT2D eigenvalue weighted by Crippen LogP contribution is 2.31. The van der Waals surface area contributed by atoms with E-state index < -0.39 is 0 Å². The molecule has 2 rings (SSSR count). The topological polar surface area (TPSA) is 58.6 Å². The van der Waals surface area contributed by atoms with Crippen LogP contribution in [0.3, 0.4) is 0 Å². The lowest BCUT2D eigenvalue weighted by molar-refractivity contribution is -0.122. The molecule has 0 spiro atoms. The predicted molar refractivity (Wildman–Crippen MR) is 90.6 cm³/mol. The van der Waals surface area contributed by atoms with Crippen molar-refractivity contribution >= 4 is 17.5 Å². The number of hydrogen-bond acceptors (Lipinski definition) is 3. The Morgan fingerprint density at radius 1 is 1.26 bits per heavy atom. The molecule has 0 aromatic heterocycles. The summed E-state index contributed by atoms with van der Waals surface area (Å²) in [6, 6.07) is 7.58. The fourth-order valence-corrected chi connectivity index (χ4v) is 2.61. The molecular weight excluding hydrogens is 292 g/mol. The molecule has 5 nitrogen and oxygen atoms in total. The lowest BCUT2D eigenvalue weighted by Crippen LogP contribution is -2.42. The molecule has 0 saturated carbocycles. The maximum absolute atomic E-state index is 12.1. The number of nitrogens with zero attached hydrogens (tertiary/aromatic N) is 1. The average molecular weight is 318 g/mol. The Hall–Kier alpha value is -2.04. The third-order valence-corrected chi connectivity index (χ3v) is 3.96. The molecule has 23 heavy (non-hydrogen) atoms. The van der Waals surface area contributed by atoms with Gasteiger partial charge in [-0.2, -0.15) is 0 Å². The highest BCUT2D eigenvalue weighted by atomic mass is 16.5. The molecule has 2 amide bonds. The molecule has 1 unspecified atom stereocenters. The number of amides is 2. The zero-order valence-electron chi connectivity index (χ0n) is 14.2. The monoisotopic (exact) mass is 318 g/mol. The first-order valence-corrected chi connectivity index (χ1v) is 8.29. The van der Waals surface area contributed by atoms with E-state index in [1.54, 1.807) is 4.90 Å². The second kappa shape index (κ2) is 7.99. The molecule has 1 aromatic carbocycles. The minimum absolute atomic E-state index is 0.0157. The molecule has 0 radical (unpaired) electrons. The second-order valence-electron chi connectivity index (χ2n) is 6.49. The van der Waals surface area contributed by atoms with Gasteiger partial charge in [0.1, 0.15) is 5.75 Å². The van der Waals surface area contributed by atoms with Crippen molar-refractivity contribution in [2.75, 3.05) is 18.1 Å². The van der Waals surface area contributed by atoms with Gasteiger partial charge in [0.05, 0.1) is 5.69 Å². The van der Waals surface area contributed by atoms with Gasteiger partial charge in [0, 0.05) is 19.0 Å². The van der Waals surface area contributed by atoms with Crippen molar-refractivity contribution in [3.05, 3.63) is 24.3 Å². The predicted octanol–water partition coefficient (Wildman–Crippen LogP) is 2.74. The molecule has 1 atom stereocenters. The van der Waals surface area contributed by atoms with Gasteiger partial charge in [-0.15, -0.1) is 0 Å². The van der Waals surface area contributed by atoms with Crippen molar-refractivity contribution in [2.45, 2.75) is 46.1 Å². The molecule has 1 heterocycles. The van der Waals surface area contributed by atoms with Gasteiger partial charge in [-0.25, -0.2) is 0 Å². The van der Waals surface area contributed by atoms with Crippen molar-refractivity contribution in [1.82, 2.24) is 5.32 Å². The van der Waals surface area contributed by atoms with E-state index in [9.17, 15) is 9.59 Å². The van der Waals surface area contributed by atoms with Gasteiger partial charge in [0.2, 0.25) is 5.91 Å². The lowest BCUT2D eigenvalue weighted by atomic mass is 10.0. The zero-order valence-corrected chi connectivity index (χ0v) is 14.2. The first kappa shape index (κ1) is 17.3. The Morgan fingerprint density at radius 3 is 2.74 bits per heavy atom. The second-order valence-corrected chi connectivity index (χ2v) is 6.49. The molecule has 5 heteroatoms. The van der Waals surface area contributed by atoms with E-state index in [-0.39, 0.29) is 24.5 Å². The van der Waals surface area contributed by atoms with Crippen LogP contribution in [0.5, 0.6) is 5.75 Å². The van der Waals surface area contributed by atoms with Crippen molar-refractivity contribution in [3.63, 3.8) is 0 Å². The lowest BCUT2D eigenvalue weighted by Gasteiger charge is -2.29. The summed E-state index contributed by atoms with van der Waals surface area (Å²) >= 11 is 0. The van der Waals surface area contributed by atoms with Crippen molar-refractivity contribution < 1.29 is 14.3 Å². The summed E-state index contributed by atoms with van der Waals surface area (Å²) in [7, 11) is 0. The number of carbonyl (C=O) groups is 2. The summed E-state index contributed by atoms with van der Waals surface area (Å²) in [6.45, 7) is 6.78. The van der Waals surface area contributed by atoms with Crippen LogP contribution in [0.4, 0.5) is 5.69 Å². The molecule has 1 aliphatic rings. The Kier molecular flexibility index (Phi) is 6.02. The third kappa shape index (κ3) is 4.98. The maximum atomic E-state index is 12.1. The number of carbonyl (C=O) groups excluding carboxylic acids is 2. The number of fused-ring (bicyclic) bond motifs is 1. The highest BCUT2D eigenvalue weighted by molar-refractivity contribution is 5.98. The summed E-state index contributed by atoms with van der Waals surface area (Å²) in [6.07, 6.45) is 2.37. The molecule has 0 saturated heterocycles. The first-order valence-electron chi connectivity index (χ1n) is 8.29. The summed E-state index contributed by atoms with van der Waals surface area (Å²) in [5, 5.41) is 3.01. The maximum Gasteiger partial charge on any atom is 0.265 e. The molecule has 1 aromatic rings. The standard InChI is InChI=1S/C18H26N2O3/c1-13(2)8-9-14(3)19-17(21)10-11-20-15-6-4-5-7-16(15)23-12-18(20)22/h4-7,13-14H,8-12H2,1-3H3,(H,19,21). The Balaban J connectivity index is 1.85. The van der Waals surface area contributed by atoms with Crippen LogP contribution in [-0.2, 0) is 9.59 Å². The summed E-state index contributed by atoms with van der Waals surface area (Å²) in [5.41, 5.74) is 0.740. The number of para-hydroxylation sites is 2. The number of benzene rings is 1. The van der Waals surface area contributed by atoms with Crippen LogP contribution < -0.4 is 15.0 Å². The fourth-order valence-electron chi connectivity index (χ4n) is 2.61. The number of nitrogens with one attached hydrogen (secondary N) is 1. The Labute approximate surface area is 138 Å². The minimum Gasteiger partial charge on any atom is -0.482 e. The van der Waals surface area contributed by atoms with E-state index >= 15 is 0 Å². The summed E-state index contributed by atoms with van der Waals surface area (Å²) in [4.78, 5) is 25.8. The van der Waals surface area contributed by atoms with Crippen LogP contribution in [0.15, 0.2) is 24.3 Å². The van der Waals surface area contributed by atoms with Gasteiger partial charge in [-0.05, 0) is 37.8 Å². The normalized spacial score (nSPS) is 15.1. The molecule has 126 valence electrons. The zero-order chi connectivity index (χ0) is 16.8. The van der Waals surface area contributed by atoms with Gasteiger partial charge in [-0.3, -0.25) is 9.59 Å². The molecule has 1 N–H and O–H groups in total. The van der Waals surface area contributed by atoms with E-state index in [4.69, 9.17) is 4.74 Å². The van der Waals surface area contributed by atoms with Crippen LogP contribution in [0.2, 0.25) is 0 Å². The smallest absolute Gasteiger partial charge is 0.265 e. The number of anilines is 1. The van der Waals surface area contributed by atoms with Gasteiger partial charge >= 0.3 is 0 Å². The van der Waals surface area contributed by atoms with E-state index in [0.717, 1.165) is 18.5 Å². The van der Waals surface area contributed by atoms with Crippen LogP contribution >= 0.6 is 0 Å². The molecule has 0 aliphatic carbocycles. The quantitative estimate of drug-likeness (QED) is 0.841. The van der Waals surface area contributed by atoms with Crippen molar-refractivity contribution in [3.8, 4) is 5.75 Å².